The van der Waals surface area contributed by atoms with Crippen LogP contribution in [0, 0.1) is 5.82 Å². The van der Waals surface area contributed by atoms with Crippen molar-refractivity contribution in [3.05, 3.63) is 67.3 Å². The van der Waals surface area contributed by atoms with Crippen molar-refractivity contribution in [2.75, 3.05) is 6.54 Å². The van der Waals surface area contributed by atoms with Crippen LogP contribution in [0.2, 0.25) is 5.02 Å². The smallest absolute Gasteiger partial charge is 0.123 e. The number of nitrogens with one attached hydrogen (secondary N) is 1. The highest BCUT2D eigenvalue weighted by Gasteiger charge is 2.15. The monoisotopic (exact) mass is 433 g/mol. The lowest BCUT2D eigenvalue weighted by molar-refractivity contribution is 0.546. The zero-order valence-corrected chi connectivity index (χ0v) is 15.4. The van der Waals surface area contributed by atoms with E-state index in [9.17, 15) is 4.39 Å². The van der Waals surface area contributed by atoms with Crippen molar-refractivity contribution in [2.45, 2.75) is 19.4 Å². The molecular formula is C16H15Br2ClFN. The Labute approximate surface area is 146 Å². The zero-order valence-electron chi connectivity index (χ0n) is 11.5. The van der Waals surface area contributed by atoms with Gasteiger partial charge >= 0.3 is 0 Å². The molecular weight excluding hydrogens is 420 g/mol. The van der Waals surface area contributed by atoms with Gasteiger partial charge in [0, 0.05) is 20.0 Å². The molecule has 5 heteroatoms. The lowest BCUT2D eigenvalue weighted by Crippen LogP contribution is -2.23. The van der Waals surface area contributed by atoms with Gasteiger partial charge in [0.25, 0.3) is 0 Å². The van der Waals surface area contributed by atoms with E-state index >= 15 is 0 Å². The number of rotatable bonds is 5. The summed E-state index contributed by atoms with van der Waals surface area (Å²) in [5.74, 6) is -0.264. The summed E-state index contributed by atoms with van der Waals surface area (Å²) in [7, 11) is 0. The Hall–Kier alpha value is -0.420. The molecule has 0 saturated heterocycles. The summed E-state index contributed by atoms with van der Waals surface area (Å²) in [6.45, 7) is 2.87. The molecule has 0 aromatic heterocycles. The molecule has 1 N–H and O–H groups in total. The lowest BCUT2D eigenvalue weighted by atomic mass is 9.98. The molecule has 2 rings (SSSR count). The molecule has 0 spiro atoms. The van der Waals surface area contributed by atoms with Crippen molar-refractivity contribution in [3.8, 4) is 0 Å². The summed E-state index contributed by atoms with van der Waals surface area (Å²) in [5.41, 5.74) is 1.93. The molecule has 112 valence electrons. The van der Waals surface area contributed by atoms with Gasteiger partial charge in [-0.05, 0) is 60.5 Å². The van der Waals surface area contributed by atoms with Gasteiger partial charge in [-0.15, -0.1) is 0 Å². The summed E-state index contributed by atoms with van der Waals surface area (Å²) >= 11 is 13.2. The molecule has 1 unspecified atom stereocenters. The second-order valence-corrected chi connectivity index (χ2v) is 6.99. The first-order valence-corrected chi connectivity index (χ1v) is 8.59. The van der Waals surface area contributed by atoms with E-state index in [0.29, 0.717) is 11.4 Å². The third-order valence-corrected chi connectivity index (χ3v) is 4.45. The van der Waals surface area contributed by atoms with Gasteiger partial charge in [0.1, 0.15) is 5.82 Å². The fourth-order valence-electron chi connectivity index (χ4n) is 2.25. The van der Waals surface area contributed by atoms with Gasteiger partial charge in [-0.25, -0.2) is 4.39 Å². The normalized spacial score (nSPS) is 12.4. The van der Waals surface area contributed by atoms with E-state index < -0.39 is 0 Å². The van der Waals surface area contributed by atoms with Crippen LogP contribution in [-0.4, -0.2) is 6.54 Å². The largest absolute Gasteiger partial charge is 0.310 e. The Balaban J connectivity index is 2.32. The van der Waals surface area contributed by atoms with Gasteiger partial charge in [0.15, 0.2) is 0 Å². The maximum absolute atomic E-state index is 13.4. The molecule has 1 nitrogen and oxygen atoms in total. The molecule has 0 bridgehead atoms. The van der Waals surface area contributed by atoms with Crippen LogP contribution < -0.4 is 5.32 Å². The fraction of sp³-hybridized carbons (Fsp3) is 0.250. The van der Waals surface area contributed by atoms with Crippen molar-refractivity contribution >= 4 is 43.5 Å². The SMILES string of the molecule is CCNC(Cc1cc(F)ccc1Cl)c1cc(Br)cc(Br)c1. The zero-order chi connectivity index (χ0) is 15.4. The van der Waals surface area contributed by atoms with Gasteiger partial charge < -0.3 is 5.32 Å². The number of benzene rings is 2. The van der Waals surface area contributed by atoms with E-state index in [1.165, 1.54) is 12.1 Å². The predicted octanol–water partition coefficient (Wildman–Crippen LogP) is 5.90. The maximum atomic E-state index is 13.4. The van der Waals surface area contributed by atoms with Gasteiger partial charge in [0.2, 0.25) is 0 Å². The minimum atomic E-state index is -0.264. The number of halogens is 4. The van der Waals surface area contributed by atoms with Crippen molar-refractivity contribution < 1.29 is 4.39 Å². The average Bonchev–Trinajstić information content (AvgIpc) is 2.41. The topological polar surface area (TPSA) is 12.0 Å². The summed E-state index contributed by atoms with van der Waals surface area (Å²) in [6, 6.07) is 10.7. The van der Waals surface area contributed by atoms with Gasteiger partial charge in [-0.3, -0.25) is 0 Å². The molecule has 21 heavy (non-hydrogen) atoms. The van der Waals surface area contributed by atoms with Crippen LogP contribution in [0.5, 0.6) is 0 Å². The first-order chi connectivity index (χ1) is 9.99. The van der Waals surface area contributed by atoms with Crippen LogP contribution in [-0.2, 0) is 6.42 Å². The number of likely N-dealkylation sites (N-methyl/N-ethyl adjacent to an activating group) is 1. The van der Waals surface area contributed by atoms with E-state index in [1.54, 1.807) is 6.07 Å². The second-order valence-electron chi connectivity index (χ2n) is 4.75. The molecule has 0 amide bonds. The van der Waals surface area contributed by atoms with Crippen LogP contribution in [0.25, 0.3) is 0 Å². The van der Waals surface area contributed by atoms with E-state index in [2.05, 4.69) is 49.3 Å². The van der Waals surface area contributed by atoms with Crippen molar-refractivity contribution in [2.24, 2.45) is 0 Å². The van der Waals surface area contributed by atoms with E-state index in [1.807, 2.05) is 13.0 Å². The molecule has 0 aliphatic heterocycles. The van der Waals surface area contributed by atoms with Crippen molar-refractivity contribution in [3.63, 3.8) is 0 Å². The van der Waals surface area contributed by atoms with E-state index in [-0.39, 0.29) is 11.9 Å². The summed E-state index contributed by atoms with van der Waals surface area (Å²) < 4.78 is 15.4. The standard InChI is InChI=1S/C16H15Br2ClFN/c1-2-21-16(11-5-12(17)9-13(18)6-11)8-10-7-14(20)3-4-15(10)19/h3-7,9,16,21H,2,8H2,1H3. The highest BCUT2D eigenvalue weighted by atomic mass is 79.9. The summed E-state index contributed by atoms with van der Waals surface area (Å²) in [4.78, 5) is 0. The van der Waals surface area contributed by atoms with Crippen LogP contribution >= 0.6 is 43.5 Å². The third-order valence-electron chi connectivity index (χ3n) is 3.17. The molecule has 0 aliphatic rings. The first kappa shape index (κ1) is 16.9. The van der Waals surface area contributed by atoms with Crippen LogP contribution in [0.15, 0.2) is 45.3 Å². The second kappa shape index (κ2) is 7.73. The highest BCUT2D eigenvalue weighted by Crippen LogP contribution is 2.28. The Morgan fingerprint density at radius 1 is 1.14 bits per heavy atom. The quantitative estimate of drug-likeness (QED) is 0.617. The van der Waals surface area contributed by atoms with Crippen molar-refractivity contribution in [1.82, 2.24) is 5.32 Å². The number of hydrogen-bond acceptors (Lipinski definition) is 1. The first-order valence-electron chi connectivity index (χ1n) is 6.63. The molecule has 2 aromatic rings. The van der Waals surface area contributed by atoms with Crippen LogP contribution in [0.1, 0.15) is 24.1 Å². The highest BCUT2D eigenvalue weighted by molar-refractivity contribution is 9.11. The Bertz CT molecular complexity index is 613. The molecule has 0 saturated carbocycles. The molecule has 0 radical (unpaired) electrons. The molecule has 0 heterocycles. The third kappa shape index (κ3) is 4.78. The molecule has 1 atom stereocenters. The van der Waals surface area contributed by atoms with E-state index in [0.717, 1.165) is 26.6 Å². The number of hydrogen-bond donors (Lipinski definition) is 1. The van der Waals surface area contributed by atoms with Gasteiger partial charge in [-0.2, -0.15) is 0 Å². The summed E-state index contributed by atoms with van der Waals surface area (Å²) in [6.07, 6.45) is 0.632. The van der Waals surface area contributed by atoms with Crippen LogP contribution in [0.4, 0.5) is 4.39 Å². The lowest BCUT2D eigenvalue weighted by Gasteiger charge is -2.20. The van der Waals surface area contributed by atoms with Gasteiger partial charge in [0.05, 0.1) is 0 Å². The summed E-state index contributed by atoms with van der Waals surface area (Å²) in [5, 5.41) is 4.02. The maximum Gasteiger partial charge on any atom is 0.123 e. The van der Waals surface area contributed by atoms with Crippen molar-refractivity contribution in [1.29, 1.82) is 0 Å². The molecule has 2 aromatic carbocycles. The Morgan fingerprint density at radius 2 is 1.81 bits per heavy atom. The minimum absolute atomic E-state index is 0.0723. The predicted molar refractivity (Wildman–Crippen MR) is 93.4 cm³/mol. The fourth-order valence-corrected chi connectivity index (χ4v) is 3.77. The van der Waals surface area contributed by atoms with Gasteiger partial charge in [-0.1, -0.05) is 50.4 Å². The average molecular weight is 436 g/mol. The van der Waals surface area contributed by atoms with E-state index in [4.69, 9.17) is 11.6 Å². The van der Waals surface area contributed by atoms with Crippen LogP contribution in [0.3, 0.4) is 0 Å². The molecule has 0 aliphatic carbocycles. The minimum Gasteiger partial charge on any atom is -0.310 e. The Morgan fingerprint density at radius 3 is 2.43 bits per heavy atom. The Kier molecular flexibility index (Phi) is 6.23. The molecule has 0 fully saturated rings.